The zero-order valence-electron chi connectivity index (χ0n) is 16.6. The SMILES string of the molecule is Cc1cc([N+](=O)[O-])c(C(=O)OCc2ccccc2)cc1Oc1ccc(OC(F)(F)F)cc1. The fraction of sp³-hybridized carbons (Fsp3) is 0.136. The number of ether oxygens (including phenoxy) is 3. The van der Waals surface area contributed by atoms with E-state index in [1.807, 2.05) is 0 Å². The van der Waals surface area contributed by atoms with Gasteiger partial charge in [-0.3, -0.25) is 10.1 Å². The highest BCUT2D eigenvalue weighted by Gasteiger charge is 2.31. The Morgan fingerprint density at radius 2 is 1.62 bits per heavy atom. The van der Waals surface area contributed by atoms with Crippen LogP contribution in [-0.2, 0) is 11.3 Å². The first-order valence-electron chi connectivity index (χ1n) is 9.16. The Hall–Kier alpha value is -4.08. The molecule has 166 valence electrons. The summed E-state index contributed by atoms with van der Waals surface area (Å²) in [5.41, 5.74) is 0.269. The Kier molecular flexibility index (Phi) is 6.62. The van der Waals surface area contributed by atoms with Crippen molar-refractivity contribution in [2.24, 2.45) is 0 Å². The average Bonchev–Trinajstić information content (AvgIpc) is 2.74. The number of nitro groups is 1. The predicted octanol–water partition coefficient (Wildman–Crippen LogP) is 5.95. The third kappa shape index (κ3) is 5.97. The molecule has 0 saturated carbocycles. The lowest BCUT2D eigenvalue weighted by atomic mass is 10.1. The molecule has 0 fully saturated rings. The minimum atomic E-state index is -4.83. The Balaban J connectivity index is 1.82. The van der Waals surface area contributed by atoms with E-state index in [0.29, 0.717) is 11.1 Å². The highest BCUT2D eigenvalue weighted by molar-refractivity contribution is 5.94. The third-order valence-corrected chi connectivity index (χ3v) is 4.21. The molecule has 0 unspecified atom stereocenters. The molecule has 0 aromatic heterocycles. The molecule has 32 heavy (non-hydrogen) atoms. The van der Waals surface area contributed by atoms with Crippen LogP contribution in [0.25, 0.3) is 0 Å². The predicted molar refractivity (Wildman–Crippen MR) is 107 cm³/mol. The van der Waals surface area contributed by atoms with Crippen molar-refractivity contribution in [1.29, 1.82) is 0 Å². The lowest BCUT2D eigenvalue weighted by Crippen LogP contribution is -2.16. The molecule has 0 heterocycles. The second-order valence-electron chi connectivity index (χ2n) is 6.57. The standard InChI is InChI=1S/C22H16F3NO6/c1-14-11-19(26(28)29)18(21(27)30-13-15-5-3-2-4-6-15)12-20(14)31-16-7-9-17(10-8-16)32-22(23,24)25/h2-12H,13H2,1H3. The van der Waals surface area contributed by atoms with E-state index in [2.05, 4.69) is 4.74 Å². The third-order valence-electron chi connectivity index (χ3n) is 4.21. The van der Waals surface area contributed by atoms with Gasteiger partial charge in [0.15, 0.2) is 0 Å². The maximum absolute atomic E-state index is 12.5. The van der Waals surface area contributed by atoms with Gasteiger partial charge in [-0.25, -0.2) is 4.79 Å². The van der Waals surface area contributed by atoms with Crippen molar-refractivity contribution in [3.63, 3.8) is 0 Å². The minimum absolute atomic E-state index is 0.0818. The second-order valence-corrected chi connectivity index (χ2v) is 6.57. The molecule has 0 aliphatic carbocycles. The van der Waals surface area contributed by atoms with Gasteiger partial charge in [0.1, 0.15) is 29.4 Å². The molecule has 0 saturated heterocycles. The number of nitrogens with zero attached hydrogens (tertiary/aromatic N) is 1. The van der Waals surface area contributed by atoms with Crippen LogP contribution < -0.4 is 9.47 Å². The summed E-state index contributed by atoms with van der Waals surface area (Å²) in [7, 11) is 0. The molecule has 7 nitrogen and oxygen atoms in total. The first-order valence-corrected chi connectivity index (χ1v) is 9.16. The van der Waals surface area contributed by atoms with Crippen LogP contribution in [0.15, 0.2) is 66.7 Å². The number of alkyl halides is 3. The molecular formula is C22H16F3NO6. The van der Waals surface area contributed by atoms with Crippen molar-refractivity contribution in [1.82, 2.24) is 0 Å². The molecule has 3 rings (SSSR count). The van der Waals surface area contributed by atoms with Gasteiger partial charge in [0.05, 0.1) is 4.92 Å². The number of nitro benzene ring substituents is 1. The van der Waals surface area contributed by atoms with Gasteiger partial charge in [-0.15, -0.1) is 13.2 Å². The Morgan fingerprint density at radius 3 is 2.22 bits per heavy atom. The van der Waals surface area contributed by atoms with E-state index < -0.39 is 28.7 Å². The summed E-state index contributed by atoms with van der Waals surface area (Å²) in [6.07, 6.45) is -4.83. The maximum Gasteiger partial charge on any atom is 0.573 e. The number of carbonyl (C=O) groups is 1. The molecule has 0 atom stereocenters. The lowest BCUT2D eigenvalue weighted by molar-refractivity contribution is -0.385. The van der Waals surface area contributed by atoms with Crippen molar-refractivity contribution in [3.8, 4) is 17.2 Å². The average molecular weight is 447 g/mol. The molecule has 3 aromatic rings. The van der Waals surface area contributed by atoms with E-state index in [-0.39, 0.29) is 23.7 Å². The number of halogens is 3. The maximum atomic E-state index is 12.5. The van der Waals surface area contributed by atoms with Crippen molar-refractivity contribution >= 4 is 11.7 Å². The molecule has 0 aliphatic heterocycles. The fourth-order valence-electron chi connectivity index (χ4n) is 2.73. The van der Waals surface area contributed by atoms with Gasteiger partial charge >= 0.3 is 12.3 Å². The monoisotopic (exact) mass is 447 g/mol. The molecule has 0 radical (unpaired) electrons. The molecule has 3 aromatic carbocycles. The number of benzene rings is 3. The normalized spacial score (nSPS) is 11.0. The van der Waals surface area contributed by atoms with Gasteiger partial charge in [0, 0.05) is 12.1 Å². The molecule has 0 bridgehead atoms. The number of aryl methyl sites for hydroxylation is 1. The van der Waals surface area contributed by atoms with E-state index in [9.17, 15) is 28.1 Å². The van der Waals surface area contributed by atoms with Gasteiger partial charge in [-0.05, 0) is 42.3 Å². The van der Waals surface area contributed by atoms with Gasteiger partial charge in [0.25, 0.3) is 5.69 Å². The van der Waals surface area contributed by atoms with Crippen molar-refractivity contribution < 1.29 is 37.1 Å². The Morgan fingerprint density at radius 1 is 1.00 bits per heavy atom. The lowest BCUT2D eigenvalue weighted by Gasteiger charge is -2.13. The van der Waals surface area contributed by atoms with Crippen LogP contribution in [-0.4, -0.2) is 17.3 Å². The van der Waals surface area contributed by atoms with Crippen molar-refractivity contribution in [2.75, 3.05) is 0 Å². The Bertz CT molecular complexity index is 1120. The molecule has 0 N–H and O–H groups in total. The van der Waals surface area contributed by atoms with Crippen LogP contribution in [0.3, 0.4) is 0 Å². The number of hydrogen-bond acceptors (Lipinski definition) is 6. The van der Waals surface area contributed by atoms with E-state index >= 15 is 0 Å². The summed E-state index contributed by atoms with van der Waals surface area (Å²) in [5.74, 6) is -1.11. The second kappa shape index (κ2) is 9.38. The molecule has 0 aliphatic rings. The first-order chi connectivity index (χ1) is 15.1. The zero-order valence-corrected chi connectivity index (χ0v) is 16.6. The molecule has 0 amide bonds. The Labute approximate surface area is 180 Å². The topological polar surface area (TPSA) is 87.9 Å². The van der Waals surface area contributed by atoms with Gasteiger partial charge in [-0.1, -0.05) is 30.3 Å². The van der Waals surface area contributed by atoms with E-state index in [4.69, 9.17) is 9.47 Å². The van der Waals surface area contributed by atoms with Gasteiger partial charge < -0.3 is 14.2 Å². The minimum Gasteiger partial charge on any atom is -0.457 e. The molecular weight excluding hydrogens is 431 g/mol. The van der Waals surface area contributed by atoms with Gasteiger partial charge in [0.2, 0.25) is 0 Å². The highest BCUT2D eigenvalue weighted by Crippen LogP contribution is 2.33. The number of rotatable bonds is 7. The van der Waals surface area contributed by atoms with Crippen LogP contribution in [0.5, 0.6) is 17.2 Å². The summed E-state index contributed by atoms with van der Waals surface area (Å²) >= 11 is 0. The van der Waals surface area contributed by atoms with Crippen molar-refractivity contribution in [2.45, 2.75) is 19.9 Å². The largest absolute Gasteiger partial charge is 0.573 e. The summed E-state index contributed by atoms with van der Waals surface area (Å²) in [6, 6.07) is 15.7. The summed E-state index contributed by atoms with van der Waals surface area (Å²) in [4.78, 5) is 23.2. The van der Waals surface area contributed by atoms with Crippen LogP contribution in [0.1, 0.15) is 21.5 Å². The van der Waals surface area contributed by atoms with Crippen LogP contribution in [0.2, 0.25) is 0 Å². The quantitative estimate of drug-likeness (QED) is 0.253. The van der Waals surface area contributed by atoms with Crippen LogP contribution in [0, 0.1) is 17.0 Å². The summed E-state index contributed by atoms with van der Waals surface area (Å²) in [6.45, 7) is 1.45. The van der Waals surface area contributed by atoms with Crippen LogP contribution >= 0.6 is 0 Å². The highest BCUT2D eigenvalue weighted by atomic mass is 19.4. The zero-order chi connectivity index (χ0) is 23.3. The fourth-order valence-corrected chi connectivity index (χ4v) is 2.73. The number of esters is 1. The smallest absolute Gasteiger partial charge is 0.457 e. The first kappa shape index (κ1) is 22.6. The number of carbonyl (C=O) groups excluding carboxylic acids is 1. The number of hydrogen-bond donors (Lipinski definition) is 0. The summed E-state index contributed by atoms with van der Waals surface area (Å²) < 4.78 is 51.5. The van der Waals surface area contributed by atoms with Crippen molar-refractivity contribution in [3.05, 3.63) is 93.5 Å². The van der Waals surface area contributed by atoms with E-state index in [0.717, 1.165) is 18.2 Å². The van der Waals surface area contributed by atoms with E-state index in [1.54, 1.807) is 30.3 Å². The molecule has 10 heteroatoms. The van der Waals surface area contributed by atoms with Crippen LogP contribution in [0.4, 0.5) is 18.9 Å². The summed E-state index contributed by atoms with van der Waals surface area (Å²) in [5, 5.41) is 11.4. The molecule has 0 spiro atoms. The van der Waals surface area contributed by atoms with E-state index in [1.165, 1.54) is 25.1 Å². The van der Waals surface area contributed by atoms with Gasteiger partial charge in [-0.2, -0.15) is 0 Å².